The molecule has 11 nitrogen and oxygen atoms in total. The Morgan fingerprint density at radius 3 is 2.03 bits per heavy atom. The predicted octanol–water partition coefficient (Wildman–Crippen LogP) is 13.5. The maximum Gasteiger partial charge on any atom is 0.472 e. The van der Waals surface area contributed by atoms with Crippen LogP contribution in [0.5, 0.6) is 0 Å². The normalized spacial score (nSPS) is 27.8. The number of ether oxygens (including phenoxy) is 3. The van der Waals surface area contributed by atoms with Crippen LogP contribution in [0.4, 0.5) is 0 Å². The fraction of sp³-hybridized carbons (Fsp3) is 0.909. The van der Waals surface area contributed by atoms with E-state index < -0.39 is 38.4 Å². The number of fused-ring (bicyclic) bond motifs is 5. The lowest BCUT2D eigenvalue weighted by Crippen LogP contribution is -2.51. The Bertz CT molecular complexity index is 1580. The summed E-state index contributed by atoms with van der Waals surface area (Å²) in [5, 5.41) is 0. The molecular weight excluding hydrogens is 866 g/mol. The smallest absolute Gasteiger partial charge is 0.462 e. The number of hydrogen-bond donors (Lipinski definition) is 1. The van der Waals surface area contributed by atoms with Crippen LogP contribution >= 0.6 is 7.82 Å². The lowest BCUT2D eigenvalue weighted by atomic mass is 9.47. The molecule has 0 radical (unpaired) electrons. The van der Waals surface area contributed by atoms with E-state index in [4.69, 9.17) is 23.3 Å². The third-order valence-electron chi connectivity index (χ3n) is 16.7. The first-order valence-corrected chi connectivity index (χ1v) is 28.9. The molecule has 1 N–H and O–H groups in total. The average Bonchev–Trinajstić information content (AvgIpc) is 3.62. The molecule has 10 atom stereocenters. The number of likely N-dealkylation sites (N-methyl/N-ethyl adjacent to an activating group) is 1. The Kier molecular flexibility index (Phi) is 24.4. The highest BCUT2D eigenvalue weighted by atomic mass is 31.2. The van der Waals surface area contributed by atoms with Crippen LogP contribution in [0.1, 0.15) is 215 Å². The van der Waals surface area contributed by atoms with Gasteiger partial charge in [0.1, 0.15) is 25.9 Å². The van der Waals surface area contributed by atoms with Crippen LogP contribution in [0.25, 0.3) is 0 Å². The molecule has 0 aromatic carbocycles. The summed E-state index contributed by atoms with van der Waals surface area (Å²) in [5.74, 6) is 3.01. The topological polar surface area (TPSA) is 135 Å². The average molecular weight is 965 g/mol. The lowest BCUT2D eigenvalue weighted by molar-refractivity contribution is -0.870. The van der Waals surface area contributed by atoms with Crippen molar-refractivity contribution >= 4 is 25.7 Å². The van der Waals surface area contributed by atoms with Gasteiger partial charge in [-0.15, -0.1) is 0 Å². The Labute approximate surface area is 408 Å². The van der Waals surface area contributed by atoms with Crippen LogP contribution in [0.3, 0.4) is 0 Å². The fourth-order valence-electron chi connectivity index (χ4n) is 12.8. The van der Waals surface area contributed by atoms with Crippen LogP contribution in [0, 0.1) is 46.3 Å². The number of phosphoric ester groups is 1. The molecule has 0 spiro atoms. The van der Waals surface area contributed by atoms with Gasteiger partial charge in [0.25, 0.3) is 0 Å². The highest BCUT2D eigenvalue weighted by Gasteiger charge is 2.59. The van der Waals surface area contributed by atoms with Gasteiger partial charge in [0.15, 0.2) is 6.10 Å². The minimum atomic E-state index is -4.48. The molecule has 0 bridgehead atoms. The monoisotopic (exact) mass is 965 g/mol. The summed E-state index contributed by atoms with van der Waals surface area (Å²) in [6.45, 7) is 14.2. The number of nitrogens with zero attached hydrogens (tertiary/aromatic N) is 1. The number of carbonyl (C=O) groups excluding carboxylic acids is 3. The van der Waals surface area contributed by atoms with Gasteiger partial charge in [0.2, 0.25) is 0 Å². The number of phosphoric acid groups is 1. The second-order valence-electron chi connectivity index (χ2n) is 23.5. The van der Waals surface area contributed by atoms with Gasteiger partial charge in [0.05, 0.1) is 40.6 Å². The summed E-state index contributed by atoms with van der Waals surface area (Å²) in [7, 11) is 1.31. The molecule has 0 heterocycles. The maximum atomic E-state index is 13.2. The zero-order chi connectivity index (χ0) is 49.1. The standard InChI is InChI=1S/C55H98NO10P/c1-10-11-12-13-14-15-16-17-18-19-20-21-22-26-51(57)62-40-46(41-64-67(60,61)63-38-37-56(7,8)9)66-53(59)32-31-52(58)65-45-33-35-54(5)44(39-45)27-28-47-49-30-29-48(43(4)25-23-24-42(2)3)55(49,6)36-34-50(47)54/h27,42-43,45-50H,10-26,28-41H2,1-9H3/p+1/t43-,45?,46-,47+,48-,49+,50+,54+,55-/m1/s1. The molecule has 388 valence electrons. The molecule has 4 aliphatic rings. The zero-order valence-corrected chi connectivity index (χ0v) is 45.0. The van der Waals surface area contributed by atoms with E-state index >= 15 is 0 Å². The SMILES string of the molecule is CCCCCCCCCCCCCCCC(=O)OC[C@H](COP(=O)(O)OCC[N+](C)(C)C)OC(=O)CCC(=O)OC1CC[C@@]2(C)C(=CC[C@H]3[C@@H]4CC[C@H]([C@H](C)CCCC(C)C)[C@@]4(C)CC[C@@H]32)C1. The van der Waals surface area contributed by atoms with Crippen LogP contribution in [-0.2, 0) is 42.2 Å². The molecule has 12 heteroatoms. The summed E-state index contributed by atoms with van der Waals surface area (Å²) < 4.78 is 40.6. The van der Waals surface area contributed by atoms with E-state index in [-0.39, 0.29) is 44.0 Å². The molecule has 2 unspecified atom stereocenters. The van der Waals surface area contributed by atoms with Gasteiger partial charge in [-0.3, -0.25) is 23.4 Å². The van der Waals surface area contributed by atoms with Crippen molar-refractivity contribution in [3.8, 4) is 0 Å². The summed E-state index contributed by atoms with van der Waals surface area (Å²) in [6, 6.07) is 0. The molecular formula is C55H99NO10P+. The molecule has 4 rings (SSSR count). The number of allylic oxidation sites excluding steroid dienone is 1. The van der Waals surface area contributed by atoms with Crippen molar-refractivity contribution < 1.29 is 51.6 Å². The minimum absolute atomic E-state index is 0.0187. The van der Waals surface area contributed by atoms with E-state index in [0.717, 1.165) is 74.5 Å². The first kappa shape index (κ1) is 57.8. The van der Waals surface area contributed by atoms with E-state index in [9.17, 15) is 23.8 Å². The van der Waals surface area contributed by atoms with Gasteiger partial charge >= 0.3 is 25.7 Å². The van der Waals surface area contributed by atoms with Crippen molar-refractivity contribution in [3.63, 3.8) is 0 Å². The quantitative estimate of drug-likeness (QED) is 0.0169. The molecule has 0 saturated heterocycles. The second-order valence-corrected chi connectivity index (χ2v) is 25.0. The number of hydrogen-bond acceptors (Lipinski definition) is 9. The van der Waals surface area contributed by atoms with Crippen molar-refractivity contribution in [1.82, 2.24) is 0 Å². The van der Waals surface area contributed by atoms with E-state index in [0.29, 0.717) is 28.8 Å². The Morgan fingerprint density at radius 1 is 0.746 bits per heavy atom. The molecule has 4 aliphatic carbocycles. The van der Waals surface area contributed by atoms with Gasteiger partial charge in [-0.2, -0.15) is 0 Å². The Balaban J connectivity index is 1.20. The number of quaternary nitrogens is 1. The van der Waals surface area contributed by atoms with E-state index in [2.05, 4.69) is 47.6 Å². The zero-order valence-electron chi connectivity index (χ0n) is 44.1. The minimum Gasteiger partial charge on any atom is -0.462 e. The first-order valence-electron chi connectivity index (χ1n) is 27.4. The van der Waals surface area contributed by atoms with Crippen LogP contribution in [-0.4, -0.2) is 87.0 Å². The number of rotatable bonds is 33. The van der Waals surface area contributed by atoms with Crippen LogP contribution in [0.2, 0.25) is 0 Å². The Morgan fingerprint density at radius 2 is 1.39 bits per heavy atom. The van der Waals surface area contributed by atoms with Crippen LogP contribution < -0.4 is 0 Å². The van der Waals surface area contributed by atoms with Gasteiger partial charge in [-0.1, -0.05) is 150 Å². The summed E-state index contributed by atoms with van der Waals surface area (Å²) in [5.41, 5.74) is 2.03. The van der Waals surface area contributed by atoms with E-state index in [1.54, 1.807) is 0 Å². The van der Waals surface area contributed by atoms with Crippen LogP contribution in [0.15, 0.2) is 11.6 Å². The summed E-state index contributed by atoms with van der Waals surface area (Å²) in [6.07, 6.45) is 29.7. The maximum absolute atomic E-state index is 13.2. The number of unbranched alkanes of at least 4 members (excludes halogenated alkanes) is 12. The summed E-state index contributed by atoms with van der Waals surface area (Å²) in [4.78, 5) is 49.3. The van der Waals surface area contributed by atoms with Gasteiger partial charge in [-0.05, 0) is 97.7 Å². The molecule has 0 aliphatic heterocycles. The van der Waals surface area contributed by atoms with E-state index in [1.165, 1.54) is 108 Å². The Hall–Kier alpha value is -1.78. The fourth-order valence-corrected chi connectivity index (χ4v) is 13.5. The second kappa shape index (κ2) is 28.3. The van der Waals surface area contributed by atoms with E-state index in [1.807, 2.05) is 21.1 Å². The van der Waals surface area contributed by atoms with Gasteiger partial charge < -0.3 is 23.6 Å². The molecule has 3 fully saturated rings. The third-order valence-corrected chi connectivity index (χ3v) is 17.7. The lowest BCUT2D eigenvalue weighted by Gasteiger charge is -2.58. The predicted molar refractivity (Wildman–Crippen MR) is 268 cm³/mol. The molecule has 0 amide bonds. The molecule has 0 aromatic heterocycles. The van der Waals surface area contributed by atoms with Gasteiger partial charge in [0, 0.05) is 12.8 Å². The first-order chi connectivity index (χ1) is 31.8. The molecule has 0 aromatic rings. The van der Waals surface area contributed by atoms with Gasteiger partial charge in [-0.25, -0.2) is 4.57 Å². The summed E-state index contributed by atoms with van der Waals surface area (Å²) >= 11 is 0. The molecule has 67 heavy (non-hydrogen) atoms. The highest BCUT2D eigenvalue weighted by molar-refractivity contribution is 7.47. The van der Waals surface area contributed by atoms with Crippen molar-refractivity contribution in [2.45, 2.75) is 227 Å². The van der Waals surface area contributed by atoms with Crippen molar-refractivity contribution in [2.75, 3.05) is 47.5 Å². The molecule has 3 saturated carbocycles. The largest absolute Gasteiger partial charge is 0.472 e. The highest BCUT2D eigenvalue weighted by Crippen LogP contribution is 2.67. The van der Waals surface area contributed by atoms with Crippen molar-refractivity contribution in [2.24, 2.45) is 46.3 Å². The number of carbonyl (C=O) groups is 3. The van der Waals surface area contributed by atoms with Crippen molar-refractivity contribution in [3.05, 3.63) is 11.6 Å². The van der Waals surface area contributed by atoms with Crippen molar-refractivity contribution in [1.29, 1.82) is 0 Å². The third kappa shape index (κ3) is 19.4. The number of esters is 3.